The molecule has 0 bridgehead atoms. The molecule has 0 amide bonds. The minimum absolute atomic E-state index is 0.117. The van der Waals surface area contributed by atoms with Crippen molar-refractivity contribution in [2.24, 2.45) is 46.3 Å². The first-order chi connectivity index (χ1) is 13.6. The Morgan fingerprint density at radius 2 is 1.97 bits per heavy atom. The highest BCUT2D eigenvalue weighted by molar-refractivity contribution is 5.79. The van der Waals surface area contributed by atoms with Crippen molar-refractivity contribution >= 4 is 11.8 Å². The summed E-state index contributed by atoms with van der Waals surface area (Å²) in [7, 11) is 0. The summed E-state index contributed by atoms with van der Waals surface area (Å²) in [6.07, 6.45) is 8.65. The van der Waals surface area contributed by atoms with E-state index in [0.29, 0.717) is 54.3 Å². The second-order valence-corrected chi connectivity index (χ2v) is 11.5. The van der Waals surface area contributed by atoms with Crippen LogP contribution in [0.3, 0.4) is 0 Å². The van der Waals surface area contributed by atoms with Crippen LogP contribution in [0.15, 0.2) is 0 Å². The monoisotopic (exact) mass is 404 g/mol. The number of aliphatic hydroxyl groups excluding tert-OH is 1. The molecule has 4 rings (SSSR count). The molecule has 1 N–H and O–H groups in total. The van der Waals surface area contributed by atoms with Gasteiger partial charge in [-0.2, -0.15) is 0 Å². The molecule has 0 aromatic heterocycles. The fraction of sp³-hybridized carbons (Fsp3) is 0.920. The van der Waals surface area contributed by atoms with Gasteiger partial charge in [-0.05, 0) is 91.3 Å². The molecule has 4 saturated carbocycles. The molecule has 0 aromatic carbocycles. The molecule has 0 aliphatic heterocycles. The van der Waals surface area contributed by atoms with E-state index in [1.165, 1.54) is 26.2 Å². The predicted octanol–water partition coefficient (Wildman–Crippen LogP) is 4.77. The topological polar surface area (TPSA) is 63.6 Å². The third-order valence-corrected chi connectivity index (χ3v) is 9.90. The van der Waals surface area contributed by atoms with Crippen LogP contribution in [0, 0.1) is 46.3 Å². The number of hydrogen-bond donors (Lipinski definition) is 1. The van der Waals surface area contributed by atoms with Gasteiger partial charge in [0, 0.05) is 19.8 Å². The average Bonchev–Trinajstić information content (AvgIpc) is 2.63. The van der Waals surface area contributed by atoms with Crippen molar-refractivity contribution in [3.05, 3.63) is 0 Å². The van der Waals surface area contributed by atoms with Gasteiger partial charge in [-0.25, -0.2) is 0 Å². The highest BCUT2D eigenvalue weighted by Crippen LogP contribution is 2.67. The van der Waals surface area contributed by atoms with Gasteiger partial charge in [0.05, 0.1) is 12.7 Å². The summed E-state index contributed by atoms with van der Waals surface area (Å²) < 4.78 is 5.30. The van der Waals surface area contributed by atoms with E-state index in [1.807, 2.05) is 0 Å². The fourth-order valence-electron chi connectivity index (χ4n) is 8.54. The van der Waals surface area contributed by atoms with Crippen molar-refractivity contribution in [1.82, 2.24) is 0 Å². The zero-order valence-electron chi connectivity index (χ0n) is 18.8. The summed E-state index contributed by atoms with van der Waals surface area (Å²) in [5, 5.41) is 11.5. The van der Waals surface area contributed by atoms with Gasteiger partial charge < -0.3 is 9.84 Å². The molecule has 0 spiro atoms. The Bertz CT molecular complexity index is 659. The molecule has 0 heterocycles. The lowest BCUT2D eigenvalue weighted by molar-refractivity contribution is -0.198. The van der Waals surface area contributed by atoms with Gasteiger partial charge in [0.15, 0.2) is 0 Å². The lowest BCUT2D eigenvalue weighted by Gasteiger charge is -2.65. The van der Waals surface area contributed by atoms with Crippen LogP contribution in [0.4, 0.5) is 0 Å². The number of carbonyl (C=O) groups excluding carboxylic acids is 2. The molecule has 4 aliphatic carbocycles. The molecule has 4 fully saturated rings. The maximum Gasteiger partial charge on any atom is 0.302 e. The largest absolute Gasteiger partial charge is 0.466 e. The number of carbonyl (C=O) groups is 2. The van der Waals surface area contributed by atoms with E-state index in [4.69, 9.17) is 4.74 Å². The third-order valence-electron chi connectivity index (χ3n) is 9.90. The molecule has 0 aromatic rings. The Balaban J connectivity index is 1.60. The molecular formula is C25H40O4. The molecule has 4 nitrogen and oxygen atoms in total. The summed E-state index contributed by atoms with van der Waals surface area (Å²) >= 11 is 0. The first-order valence-corrected chi connectivity index (χ1v) is 12.0. The molecule has 29 heavy (non-hydrogen) atoms. The Morgan fingerprint density at radius 1 is 1.21 bits per heavy atom. The van der Waals surface area contributed by atoms with Crippen LogP contribution in [0.1, 0.15) is 85.5 Å². The van der Waals surface area contributed by atoms with E-state index in [9.17, 15) is 14.7 Å². The van der Waals surface area contributed by atoms with E-state index < -0.39 is 0 Å². The van der Waals surface area contributed by atoms with Crippen molar-refractivity contribution in [2.45, 2.75) is 91.6 Å². The van der Waals surface area contributed by atoms with Crippen LogP contribution in [-0.4, -0.2) is 29.6 Å². The fourth-order valence-corrected chi connectivity index (χ4v) is 8.54. The first kappa shape index (κ1) is 21.3. The van der Waals surface area contributed by atoms with Gasteiger partial charge in [-0.3, -0.25) is 9.59 Å². The third kappa shape index (κ3) is 3.58. The maximum atomic E-state index is 12.1. The summed E-state index contributed by atoms with van der Waals surface area (Å²) in [6.45, 7) is 9.17. The van der Waals surface area contributed by atoms with E-state index >= 15 is 0 Å². The zero-order valence-corrected chi connectivity index (χ0v) is 18.8. The highest BCUT2D eigenvalue weighted by Gasteiger charge is 2.62. The van der Waals surface area contributed by atoms with Crippen molar-refractivity contribution in [3.63, 3.8) is 0 Å². The SMILES string of the molecule is CC(=O)OCCC1C[C@H](C)CC2C3CCC4CC(=O)CC[C@]4(C)C3[C@@H](O)C[C@]12C. The lowest BCUT2D eigenvalue weighted by Crippen LogP contribution is -2.61. The van der Waals surface area contributed by atoms with Crippen molar-refractivity contribution in [3.8, 4) is 0 Å². The molecule has 0 saturated heterocycles. The minimum atomic E-state index is -0.271. The summed E-state index contributed by atoms with van der Waals surface area (Å²) in [5.74, 6) is 3.43. The number of hydrogen-bond acceptors (Lipinski definition) is 4. The van der Waals surface area contributed by atoms with Gasteiger partial charge >= 0.3 is 5.97 Å². The lowest BCUT2D eigenvalue weighted by atomic mass is 9.40. The van der Waals surface area contributed by atoms with Crippen molar-refractivity contribution in [2.75, 3.05) is 6.61 Å². The van der Waals surface area contributed by atoms with Crippen LogP contribution in [-0.2, 0) is 14.3 Å². The quantitative estimate of drug-likeness (QED) is 0.688. The normalized spacial score (nSPS) is 49.6. The standard InChI is InChI=1S/C25H40O4/c1-15-11-18(8-10-29-16(2)26)25(4)14-22(28)23-20(21(25)12-15)6-5-17-13-19(27)7-9-24(17,23)3/h15,17-18,20-23,28H,5-14H2,1-4H3/t15-,17?,18?,20?,21?,22-,23?,24-,25+/m0/s1. The summed E-state index contributed by atoms with van der Waals surface area (Å²) in [5.41, 5.74) is 0.242. The smallest absolute Gasteiger partial charge is 0.302 e. The summed E-state index contributed by atoms with van der Waals surface area (Å²) in [4.78, 5) is 23.4. The zero-order chi connectivity index (χ0) is 21.0. The maximum absolute atomic E-state index is 12.1. The highest BCUT2D eigenvalue weighted by atomic mass is 16.5. The average molecular weight is 405 g/mol. The van der Waals surface area contributed by atoms with Gasteiger partial charge in [0.1, 0.15) is 5.78 Å². The Morgan fingerprint density at radius 3 is 2.69 bits per heavy atom. The first-order valence-electron chi connectivity index (χ1n) is 12.0. The number of ether oxygens (including phenoxy) is 1. The van der Waals surface area contributed by atoms with Crippen LogP contribution in [0.2, 0.25) is 0 Å². The number of Topliss-reactive ketones (excluding diaryl/α,β-unsaturated/α-hetero) is 1. The molecule has 9 atom stereocenters. The Hall–Kier alpha value is -0.900. The molecule has 164 valence electrons. The number of ketones is 1. The number of esters is 1. The van der Waals surface area contributed by atoms with Crippen molar-refractivity contribution in [1.29, 1.82) is 0 Å². The molecule has 4 heteroatoms. The minimum Gasteiger partial charge on any atom is -0.466 e. The number of aliphatic hydroxyl groups is 1. The van der Waals surface area contributed by atoms with Crippen LogP contribution < -0.4 is 0 Å². The van der Waals surface area contributed by atoms with Gasteiger partial charge in [-0.1, -0.05) is 20.8 Å². The van der Waals surface area contributed by atoms with Gasteiger partial charge in [0.25, 0.3) is 0 Å². The van der Waals surface area contributed by atoms with Crippen LogP contribution in [0.25, 0.3) is 0 Å². The van der Waals surface area contributed by atoms with E-state index in [-0.39, 0.29) is 22.9 Å². The molecule has 0 radical (unpaired) electrons. The second-order valence-electron chi connectivity index (χ2n) is 11.5. The molecule has 4 aliphatic rings. The van der Waals surface area contributed by atoms with Crippen LogP contribution in [0.5, 0.6) is 0 Å². The Kier molecular flexibility index (Phi) is 5.63. The second kappa shape index (κ2) is 7.66. The van der Waals surface area contributed by atoms with Gasteiger partial charge in [-0.15, -0.1) is 0 Å². The molecular weight excluding hydrogens is 364 g/mol. The Labute approximate surface area is 176 Å². The molecule has 5 unspecified atom stereocenters. The number of rotatable bonds is 3. The predicted molar refractivity (Wildman–Crippen MR) is 112 cm³/mol. The van der Waals surface area contributed by atoms with Crippen molar-refractivity contribution < 1.29 is 19.4 Å². The number of fused-ring (bicyclic) bond motifs is 5. The van der Waals surface area contributed by atoms with E-state index in [1.54, 1.807) is 0 Å². The van der Waals surface area contributed by atoms with Crippen LogP contribution >= 0.6 is 0 Å². The van der Waals surface area contributed by atoms with E-state index in [2.05, 4.69) is 20.8 Å². The van der Waals surface area contributed by atoms with Gasteiger partial charge in [0.2, 0.25) is 0 Å². The van der Waals surface area contributed by atoms with E-state index in [0.717, 1.165) is 32.1 Å². The summed E-state index contributed by atoms with van der Waals surface area (Å²) in [6, 6.07) is 0.